The summed E-state index contributed by atoms with van der Waals surface area (Å²) in [5.74, 6) is -0.0830. The number of carbonyl (C=O) groups is 1. The van der Waals surface area contributed by atoms with Crippen molar-refractivity contribution in [1.29, 1.82) is 0 Å². The molecule has 0 aromatic carbocycles. The van der Waals surface area contributed by atoms with Gasteiger partial charge in [-0.2, -0.15) is 13.2 Å². The van der Waals surface area contributed by atoms with Crippen LogP contribution in [0.3, 0.4) is 0 Å². The third-order valence-electron chi connectivity index (χ3n) is 2.45. The monoisotopic (exact) mass is 254 g/mol. The molecule has 1 fully saturated rings. The van der Waals surface area contributed by atoms with Gasteiger partial charge in [-0.1, -0.05) is 0 Å². The van der Waals surface area contributed by atoms with Crippen molar-refractivity contribution in [3.05, 3.63) is 0 Å². The highest BCUT2D eigenvalue weighted by molar-refractivity contribution is 5.78. The molecule has 0 spiro atoms. The summed E-state index contributed by atoms with van der Waals surface area (Å²) in [4.78, 5) is 13.2. The Bertz CT molecular complexity index is 240. The van der Waals surface area contributed by atoms with Gasteiger partial charge in [0.25, 0.3) is 0 Å². The topological polar surface area (TPSA) is 41.6 Å². The first kappa shape index (κ1) is 14.2. The second-order valence-electron chi connectivity index (χ2n) is 3.89. The van der Waals surface area contributed by atoms with Gasteiger partial charge in [0.1, 0.15) is 0 Å². The van der Waals surface area contributed by atoms with Crippen LogP contribution < -0.4 is 5.32 Å². The molecule has 1 N–H and O–H groups in total. The quantitative estimate of drug-likeness (QED) is 0.737. The van der Waals surface area contributed by atoms with Crippen LogP contribution in [0.15, 0.2) is 0 Å². The zero-order valence-corrected chi connectivity index (χ0v) is 9.55. The fourth-order valence-corrected chi connectivity index (χ4v) is 1.53. The summed E-state index contributed by atoms with van der Waals surface area (Å²) in [6.45, 7) is 2.47. The van der Waals surface area contributed by atoms with Gasteiger partial charge in [0.15, 0.2) is 0 Å². The maximum atomic E-state index is 11.8. The largest absolute Gasteiger partial charge is 0.389 e. The van der Waals surface area contributed by atoms with Crippen molar-refractivity contribution in [1.82, 2.24) is 10.2 Å². The minimum atomic E-state index is -4.12. The molecule has 0 aromatic heterocycles. The predicted molar refractivity (Wildman–Crippen MR) is 55.6 cm³/mol. The highest BCUT2D eigenvalue weighted by Gasteiger charge is 2.25. The van der Waals surface area contributed by atoms with Crippen molar-refractivity contribution in [2.75, 3.05) is 39.4 Å². The lowest BCUT2D eigenvalue weighted by atomic mass is 10.3. The summed E-state index contributed by atoms with van der Waals surface area (Å²) in [6.07, 6.45) is -4.93. The van der Waals surface area contributed by atoms with Crippen LogP contribution in [-0.2, 0) is 9.53 Å². The Balaban J connectivity index is 2.04. The normalized spacial score (nSPS) is 17.2. The van der Waals surface area contributed by atoms with Crippen LogP contribution in [0.1, 0.15) is 12.8 Å². The number of amides is 1. The van der Waals surface area contributed by atoms with Crippen molar-refractivity contribution in [2.24, 2.45) is 0 Å². The molecule has 0 aromatic rings. The Hall–Kier alpha value is -0.820. The van der Waals surface area contributed by atoms with Gasteiger partial charge in [0.05, 0.1) is 19.8 Å². The first-order valence-electron chi connectivity index (χ1n) is 5.62. The summed E-state index contributed by atoms with van der Waals surface area (Å²) in [5, 5.41) is 2.72. The van der Waals surface area contributed by atoms with Crippen LogP contribution in [-0.4, -0.2) is 56.4 Å². The molecular weight excluding hydrogens is 237 g/mol. The van der Waals surface area contributed by atoms with Gasteiger partial charge in [0.2, 0.25) is 5.91 Å². The van der Waals surface area contributed by atoms with Crippen molar-refractivity contribution < 1.29 is 22.7 Å². The number of ether oxygens (including phenoxy) is 1. The van der Waals surface area contributed by atoms with Crippen molar-refractivity contribution in [3.63, 3.8) is 0 Å². The minimum absolute atomic E-state index is 0.000108. The van der Waals surface area contributed by atoms with Crippen molar-refractivity contribution >= 4 is 5.91 Å². The Morgan fingerprint density at radius 2 is 1.94 bits per heavy atom. The highest BCUT2D eigenvalue weighted by Crippen LogP contribution is 2.20. The van der Waals surface area contributed by atoms with Crippen LogP contribution in [0, 0.1) is 0 Å². The van der Waals surface area contributed by atoms with E-state index in [4.69, 9.17) is 4.74 Å². The van der Waals surface area contributed by atoms with Gasteiger partial charge in [0, 0.05) is 19.5 Å². The van der Waals surface area contributed by atoms with Crippen LogP contribution in [0.5, 0.6) is 0 Å². The molecule has 0 bridgehead atoms. The summed E-state index contributed by atoms with van der Waals surface area (Å²) in [6, 6.07) is 0. The number of nitrogens with one attached hydrogen (secondary N) is 1. The van der Waals surface area contributed by atoms with E-state index in [-0.39, 0.29) is 25.4 Å². The Morgan fingerprint density at radius 3 is 2.53 bits per heavy atom. The van der Waals surface area contributed by atoms with E-state index in [0.29, 0.717) is 26.3 Å². The molecule has 1 heterocycles. The van der Waals surface area contributed by atoms with E-state index in [0.717, 1.165) is 0 Å². The standard InChI is InChI=1S/C10H17F3N2O2/c11-10(12,13)2-1-3-14-8-9(16)15-4-6-17-7-5-15/h14H,1-8H2. The van der Waals surface area contributed by atoms with Gasteiger partial charge >= 0.3 is 6.18 Å². The summed E-state index contributed by atoms with van der Waals surface area (Å²) < 4.78 is 40.5. The Morgan fingerprint density at radius 1 is 1.29 bits per heavy atom. The molecule has 0 aliphatic carbocycles. The molecule has 1 aliphatic heterocycles. The van der Waals surface area contributed by atoms with Crippen molar-refractivity contribution in [2.45, 2.75) is 19.0 Å². The molecule has 0 atom stereocenters. The second-order valence-corrected chi connectivity index (χ2v) is 3.89. The molecule has 1 saturated heterocycles. The number of carbonyl (C=O) groups excluding carboxylic acids is 1. The third kappa shape index (κ3) is 6.48. The van der Waals surface area contributed by atoms with E-state index < -0.39 is 12.6 Å². The fourth-order valence-electron chi connectivity index (χ4n) is 1.53. The number of hydrogen-bond donors (Lipinski definition) is 1. The molecule has 0 unspecified atom stereocenters. The molecule has 7 heteroatoms. The number of halogens is 3. The first-order valence-corrected chi connectivity index (χ1v) is 5.62. The average molecular weight is 254 g/mol. The SMILES string of the molecule is O=C(CNCCCC(F)(F)F)N1CCOCC1. The highest BCUT2D eigenvalue weighted by atomic mass is 19.4. The van der Waals surface area contributed by atoms with E-state index in [1.807, 2.05) is 0 Å². The fraction of sp³-hybridized carbons (Fsp3) is 0.900. The van der Waals surface area contributed by atoms with E-state index in [9.17, 15) is 18.0 Å². The molecule has 0 radical (unpaired) electrons. The van der Waals surface area contributed by atoms with Gasteiger partial charge in [-0.15, -0.1) is 0 Å². The van der Waals surface area contributed by atoms with Crippen LogP contribution >= 0.6 is 0 Å². The number of alkyl halides is 3. The van der Waals surface area contributed by atoms with E-state index in [2.05, 4.69) is 5.32 Å². The Kier molecular flexibility index (Phi) is 5.70. The van der Waals surface area contributed by atoms with Gasteiger partial charge in [-0.05, 0) is 13.0 Å². The maximum Gasteiger partial charge on any atom is 0.389 e. The molecule has 0 saturated carbocycles. The first-order chi connectivity index (χ1) is 7.99. The molecule has 100 valence electrons. The summed E-state index contributed by atoms with van der Waals surface area (Å²) >= 11 is 0. The van der Waals surface area contributed by atoms with E-state index >= 15 is 0 Å². The molecule has 1 aliphatic rings. The average Bonchev–Trinajstić information content (AvgIpc) is 2.28. The predicted octanol–water partition coefficient (Wildman–Crippen LogP) is 0.777. The zero-order chi connectivity index (χ0) is 12.7. The molecule has 4 nitrogen and oxygen atoms in total. The van der Waals surface area contributed by atoms with Crippen LogP contribution in [0.25, 0.3) is 0 Å². The van der Waals surface area contributed by atoms with Crippen LogP contribution in [0.4, 0.5) is 13.2 Å². The van der Waals surface area contributed by atoms with Gasteiger partial charge in [-0.25, -0.2) is 0 Å². The number of hydrogen-bond acceptors (Lipinski definition) is 3. The van der Waals surface area contributed by atoms with Crippen molar-refractivity contribution in [3.8, 4) is 0 Å². The zero-order valence-electron chi connectivity index (χ0n) is 9.55. The minimum Gasteiger partial charge on any atom is -0.378 e. The number of rotatable bonds is 5. The Labute approximate surface area is 98.1 Å². The molecule has 1 rings (SSSR count). The second kappa shape index (κ2) is 6.80. The van der Waals surface area contributed by atoms with Crippen LogP contribution in [0.2, 0.25) is 0 Å². The van der Waals surface area contributed by atoms with E-state index in [1.54, 1.807) is 4.90 Å². The van der Waals surface area contributed by atoms with E-state index in [1.165, 1.54) is 0 Å². The third-order valence-corrected chi connectivity index (χ3v) is 2.45. The molecule has 1 amide bonds. The smallest absolute Gasteiger partial charge is 0.378 e. The molecular formula is C10H17F3N2O2. The lowest BCUT2D eigenvalue weighted by Crippen LogP contribution is -2.44. The molecule has 17 heavy (non-hydrogen) atoms. The summed E-state index contributed by atoms with van der Waals surface area (Å²) in [5.41, 5.74) is 0. The lowest BCUT2D eigenvalue weighted by Gasteiger charge is -2.26. The number of morpholine rings is 1. The number of nitrogens with zero attached hydrogens (tertiary/aromatic N) is 1. The summed E-state index contributed by atoms with van der Waals surface area (Å²) in [7, 11) is 0. The lowest BCUT2D eigenvalue weighted by molar-refractivity contribution is -0.135. The maximum absolute atomic E-state index is 11.8. The van der Waals surface area contributed by atoms with Gasteiger partial charge < -0.3 is 15.0 Å². The van der Waals surface area contributed by atoms with Gasteiger partial charge in [-0.3, -0.25) is 4.79 Å².